The van der Waals surface area contributed by atoms with E-state index in [9.17, 15) is 0 Å². The van der Waals surface area contributed by atoms with Crippen LogP contribution < -0.4 is 11.1 Å². The smallest absolute Gasteiger partial charge is 0.216 e. The summed E-state index contributed by atoms with van der Waals surface area (Å²) in [5, 5.41) is 9.98. The van der Waals surface area contributed by atoms with Crippen molar-refractivity contribution in [2.45, 2.75) is 19.8 Å². The minimum Gasteiger partial charge on any atom is -0.461 e. The number of aromatic nitrogens is 3. The Morgan fingerprint density at radius 2 is 2.47 bits per heavy atom. The molecule has 7 heteroatoms. The monoisotopic (exact) mass is 262 g/mol. The van der Waals surface area contributed by atoms with E-state index in [1.54, 1.807) is 12.3 Å². The molecule has 2 rings (SSSR count). The molecule has 0 aliphatic heterocycles. The van der Waals surface area contributed by atoms with E-state index in [0.29, 0.717) is 30.5 Å². The van der Waals surface area contributed by atoms with Gasteiger partial charge in [0.05, 0.1) is 6.26 Å². The average molecular weight is 262 g/mol. The molecule has 7 nitrogen and oxygen atoms in total. The number of nitrogens with one attached hydrogen (secondary N) is 2. The van der Waals surface area contributed by atoms with Gasteiger partial charge in [-0.25, -0.2) is 4.98 Å². The van der Waals surface area contributed by atoms with Gasteiger partial charge in [-0.3, -0.25) is 10.1 Å². The number of rotatable bonds is 6. The molecule has 0 bridgehead atoms. The molecule has 0 amide bonds. The Hall–Kier alpha value is -2.31. The zero-order valence-corrected chi connectivity index (χ0v) is 10.9. The largest absolute Gasteiger partial charge is 0.461 e. The highest BCUT2D eigenvalue weighted by molar-refractivity contribution is 5.77. The molecule has 19 heavy (non-hydrogen) atoms. The fourth-order valence-electron chi connectivity index (χ4n) is 1.52. The first kappa shape index (κ1) is 13.1. The topological polar surface area (TPSA) is 105 Å². The average Bonchev–Trinajstić information content (AvgIpc) is 3.06. The van der Waals surface area contributed by atoms with Gasteiger partial charge in [0.2, 0.25) is 5.82 Å². The van der Waals surface area contributed by atoms with Crippen LogP contribution >= 0.6 is 0 Å². The van der Waals surface area contributed by atoms with Crippen molar-refractivity contribution >= 4 is 5.96 Å². The lowest BCUT2D eigenvalue weighted by Crippen LogP contribution is -2.33. The normalized spacial score (nSPS) is 11.7. The minimum atomic E-state index is 0.465. The number of nitrogens with two attached hydrogens (primary N) is 1. The first-order chi connectivity index (χ1) is 9.29. The first-order valence-electron chi connectivity index (χ1n) is 6.28. The summed E-state index contributed by atoms with van der Waals surface area (Å²) < 4.78 is 5.22. The maximum atomic E-state index is 5.68. The number of aromatic amines is 1. The Kier molecular flexibility index (Phi) is 4.54. The quantitative estimate of drug-likeness (QED) is 0.530. The van der Waals surface area contributed by atoms with Gasteiger partial charge in [-0.05, 0) is 18.6 Å². The molecule has 0 atom stereocenters. The maximum Gasteiger partial charge on any atom is 0.216 e. The van der Waals surface area contributed by atoms with E-state index in [0.717, 1.165) is 18.8 Å². The predicted molar refractivity (Wildman–Crippen MR) is 72.6 cm³/mol. The second kappa shape index (κ2) is 6.58. The zero-order valence-electron chi connectivity index (χ0n) is 10.9. The van der Waals surface area contributed by atoms with E-state index >= 15 is 0 Å². The molecule has 0 unspecified atom stereocenters. The van der Waals surface area contributed by atoms with E-state index in [4.69, 9.17) is 10.2 Å². The van der Waals surface area contributed by atoms with Crippen LogP contribution in [0.25, 0.3) is 11.6 Å². The number of aliphatic imine (C=N–C) groups is 1. The van der Waals surface area contributed by atoms with Crippen molar-refractivity contribution in [3.63, 3.8) is 0 Å². The molecule has 0 radical (unpaired) electrons. The SMILES string of the molecule is CCCN=C(N)NCCc1nc(-c2ccco2)n[nH]1. The van der Waals surface area contributed by atoms with Crippen LogP contribution in [0.2, 0.25) is 0 Å². The number of furan rings is 1. The number of hydrogen-bond acceptors (Lipinski definition) is 4. The van der Waals surface area contributed by atoms with Gasteiger partial charge in [-0.1, -0.05) is 6.92 Å². The van der Waals surface area contributed by atoms with Crippen LogP contribution in [0, 0.1) is 0 Å². The molecule has 0 saturated carbocycles. The standard InChI is InChI=1S/C12H18N6O/c1-2-6-14-12(13)15-7-5-10-16-11(18-17-10)9-4-3-8-19-9/h3-4,8H,2,5-7H2,1H3,(H3,13,14,15)(H,16,17,18). The summed E-state index contributed by atoms with van der Waals surface area (Å²) in [5.74, 6) is 2.46. The Morgan fingerprint density at radius 1 is 1.58 bits per heavy atom. The third kappa shape index (κ3) is 3.84. The van der Waals surface area contributed by atoms with E-state index in [1.807, 2.05) is 6.07 Å². The third-order valence-corrected chi connectivity index (χ3v) is 2.45. The molecule has 102 valence electrons. The molecular formula is C12H18N6O. The van der Waals surface area contributed by atoms with Gasteiger partial charge in [0, 0.05) is 19.5 Å². The molecular weight excluding hydrogens is 244 g/mol. The Balaban J connectivity index is 1.81. The van der Waals surface area contributed by atoms with Crippen molar-refractivity contribution in [3.8, 4) is 11.6 Å². The molecule has 0 fully saturated rings. The summed E-state index contributed by atoms with van der Waals surface area (Å²) in [7, 11) is 0. The zero-order chi connectivity index (χ0) is 13.5. The van der Waals surface area contributed by atoms with Crippen molar-refractivity contribution in [2.75, 3.05) is 13.1 Å². The highest BCUT2D eigenvalue weighted by atomic mass is 16.3. The van der Waals surface area contributed by atoms with E-state index in [1.165, 1.54) is 0 Å². The van der Waals surface area contributed by atoms with E-state index < -0.39 is 0 Å². The summed E-state index contributed by atoms with van der Waals surface area (Å²) in [6.07, 6.45) is 3.27. The van der Waals surface area contributed by atoms with Crippen LogP contribution in [0.1, 0.15) is 19.2 Å². The summed E-state index contributed by atoms with van der Waals surface area (Å²) >= 11 is 0. The van der Waals surface area contributed by atoms with Gasteiger partial charge < -0.3 is 15.5 Å². The van der Waals surface area contributed by atoms with Gasteiger partial charge in [0.15, 0.2) is 11.7 Å². The van der Waals surface area contributed by atoms with Gasteiger partial charge in [0.25, 0.3) is 0 Å². The molecule has 4 N–H and O–H groups in total. The van der Waals surface area contributed by atoms with E-state index in [2.05, 4.69) is 32.4 Å². The lowest BCUT2D eigenvalue weighted by molar-refractivity contribution is 0.577. The highest BCUT2D eigenvalue weighted by Gasteiger charge is 2.07. The molecule has 2 aromatic heterocycles. The molecule has 0 saturated heterocycles. The van der Waals surface area contributed by atoms with Crippen molar-refractivity contribution in [2.24, 2.45) is 10.7 Å². The summed E-state index contributed by atoms with van der Waals surface area (Å²) in [4.78, 5) is 8.47. The summed E-state index contributed by atoms with van der Waals surface area (Å²) in [6.45, 7) is 3.46. The number of H-pyrrole nitrogens is 1. The van der Waals surface area contributed by atoms with Crippen LogP contribution in [0.3, 0.4) is 0 Å². The second-order valence-electron chi connectivity index (χ2n) is 4.03. The van der Waals surface area contributed by atoms with Gasteiger partial charge in [-0.15, -0.1) is 0 Å². The summed E-state index contributed by atoms with van der Waals surface area (Å²) in [6, 6.07) is 3.62. The van der Waals surface area contributed by atoms with Crippen LogP contribution in [0.15, 0.2) is 27.8 Å². The number of hydrogen-bond donors (Lipinski definition) is 3. The maximum absolute atomic E-state index is 5.68. The van der Waals surface area contributed by atoms with Crippen LogP contribution in [0.4, 0.5) is 0 Å². The summed E-state index contributed by atoms with van der Waals surface area (Å²) in [5.41, 5.74) is 5.68. The molecule has 0 aliphatic rings. The van der Waals surface area contributed by atoms with Gasteiger partial charge >= 0.3 is 0 Å². The van der Waals surface area contributed by atoms with Crippen molar-refractivity contribution in [1.82, 2.24) is 20.5 Å². The minimum absolute atomic E-state index is 0.465. The third-order valence-electron chi connectivity index (χ3n) is 2.45. The highest BCUT2D eigenvalue weighted by Crippen LogP contribution is 2.14. The first-order valence-corrected chi connectivity index (χ1v) is 6.28. The Bertz CT molecular complexity index is 516. The Labute approximate surface area is 111 Å². The number of guanidine groups is 1. The molecule has 2 heterocycles. The van der Waals surface area contributed by atoms with Crippen LogP contribution in [-0.4, -0.2) is 34.2 Å². The van der Waals surface area contributed by atoms with Crippen LogP contribution in [0.5, 0.6) is 0 Å². The lowest BCUT2D eigenvalue weighted by atomic mass is 10.4. The molecule has 2 aromatic rings. The van der Waals surface area contributed by atoms with Gasteiger partial charge in [0.1, 0.15) is 5.82 Å². The van der Waals surface area contributed by atoms with Crippen molar-refractivity contribution < 1.29 is 4.42 Å². The fourth-order valence-corrected chi connectivity index (χ4v) is 1.52. The van der Waals surface area contributed by atoms with E-state index in [-0.39, 0.29) is 0 Å². The molecule has 0 aliphatic carbocycles. The molecule has 0 spiro atoms. The van der Waals surface area contributed by atoms with Crippen molar-refractivity contribution in [3.05, 3.63) is 24.2 Å². The second-order valence-corrected chi connectivity index (χ2v) is 4.03. The van der Waals surface area contributed by atoms with Crippen LogP contribution in [-0.2, 0) is 6.42 Å². The Morgan fingerprint density at radius 3 is 3.21 bits per heavy atom. The predicted octanol–water partition coefficient (Wildman–Crippen LogP) is 0.921. The number of nitrogens with zero attached hydrogens (tertiary/aromatic N) is 3. The van der Waals surface area contributed by atoms with Gasteiger partial charge in [-0.2, -0.15) is 5.10 Å². The lowest BCUT2D eigenvalue weighted by Gasteiger charge is -2.03. The molecule has 0 aromatic carbocycles. The fraction of sp³-hybridized carbons (Fsp3) is 0.417. The van der Waals surface area contributed by atoms with Crippen molar-refractivity contribution in [1.29, 1.82) is 0 Å².